The number of nitriles is 1. The summed E-state index contributed by atoms with van der Waals surface area (Å²) in [6, 6.07) is 4.67. The molecule has 1 aromatic rings. The number of benzene rings is 1. The van der Waals surface area contributed by atoms with E-state index in [-0.39, 0.29) is 31.2 Å². The van der Waals surface area contributed by atoms with Crippen LogP contribution in [0.1, 0.15) is 79.0 Å². The molecule has 116 valence electrons. The molecule has 0 heterocycles. The van der Waals surface area contributed by atoms with Gasteiger partial charge in [-0.15, -0.1) is 0 Å². The maximum absolute atomic E-state index is 9.31. The van der Waals surface area contributed by atoms with Crippen molar-refractivity contribution in [2.24, 2.45) is 0 Å². The van der Waals surface area contributed by atoms with Crippen molar-refractivity contribution < 1.29 is 0 Å². The molecule has 0 amide bonds. The van der Waals surface area contributed by atoms with Crippen molar-refractivity contribution in [2.45, 2.75) is 78.6 Å². The van der Waals surface area contributed by atoms with Gasteiger partial charge in [-0.2, -0.15) is 0 Å². The van der Waals surface area contributed by atoms with Crippen LogP contribution in [0.4, 0.5) is 0 Å². The fourth-order valence-corrected chi connectivity index (χ4v) is 4.52. The van der Waals surface area contributed by atoms with Crippen LogP contribution >= 0.6 is 0 Å². The van der Waals surface area contributed by atoms with E-state index >= 15 is 0 Å². The summed E-state index contributed by atoms with van der Waals surface area (Å²) >= 11 is -0.123. The van der Waals surface area contributed by atoms with E-state index in [2.05, 4.69) is 79.4 Å². The topological polar surface area (TPSA) is 23.8 Å². The Morgan fingerprint density at radius 3 is 1.38 bits per heavy atom. The van der Waals surface area contributed by atoms with Crippen molar-refractivity contribution in [3.05, 3.63) is 28.8 Å². The van der Waals surface area contributed by atoms with Crippen LogP contribution < -0.4 is 4.46 Å². The van der Waals surface area contributed by atoms with Crippen molar-refractivity contribution in [2.75, 3.05) is 0 Å². The van der Waals surface area contributed by atoms with Gasteiger partial charge in [0, 0.05) is 0 Å². The molecule has 0 radical (unpaired) electrons. The Hall–Kier alpha value is -0.771. The maximum atomic E-state index is 9.31. The Morgan fingerprint density at radius 2 is 1.14 bits per heavy atom. The van der Waals surface area contributed by atoms with Crippen LogP contribution in [0.15, 0.2) is 12.1 Å². The van der Waals surface area contributed by atoms with Crippen LogP contribution in [0.3, 0.4) is 0 Å². The first-order valence-electron chi connectivity index (χ1n) is 7.54. The molecule has 0 aliphatic heterocycles. The predicted molar refractivity (Wildman–Crippen MR) is 93.5 cm³/mol. The first-order valence-corrected chi connectivity index (χ1v) is 9.25. The molecule has 1 aromatic carbocycles. The third-order valence-corrected chi connectivity index (χ3v) is 5.26. The van der Waals surface area contributed by atoms with Crippen LogP contribution in [-0.2, 0) is 16.2 Å². The van der Waals surface area contributed by atoms with E-state index in [4.69, 9.17) is 0 Å². The first-order chi connectivity index (χ1) is 9.28. The fraction of sp³-hybridized carbons (Fsp3) is 0.632. The Morgan fingerprint density at radius 1 is 0.762 bits per heavy atom. The summed E-state index contributed by atoms with van der Waals surface area (Å²) in [5.74, 6) is 0. The molecule has 0 unspecified atom stereocenters. The molecular formula is C19H29NSe. The van der Waals surface area contributed by atoms with E-state index in [1.54, 1.807) is 0 Å². The van der Waals surface area contributed by atoms with Crippen LogP contribution in [0.25, 0.3) is 0 Å². The average molecular weight is 350 g/mol. The van der Waals surface area contributed by atoms with Gasteiger partial charge in [-0.1, -0.05) is 0 Å². The van der Waals surface area contributed by atoms with Gasteiger partial charge in [0.15, 0.2) is 0 Å². The van der Waals surface area contributed by atoms with Crippen LogP contribution in [0, 0.1) is 10.2 Å². The molecule has 0 N–H and O–H groups in total. The zero-order valence-electron chi connectivity index (χ0n) is 15.0. The molecule has 0 fully saturated rings. The minimum absolute atomic E-state index is 0.0647. The molecule has 2 heteroatoms. The van der Waals surface area contributed by atoms with E-state index in [1.165, 1.54) is 21.2 Å². The minimum atomic E-state index is -0.123. The summed E-state index contributed by atoms with van der Waals surface area (Å²) in [4.78, 5) is 2.43. The normalized spacial score (nSPS) is 13.1. The average Bonchev–Trinajstić information content (AvgIpc) is 2.24. The third kappa shape index (κ3) is 4.35. The molecule has 21 heavy (non-hydrogen) atoms. The molecule has 0 aromatic heterocycles. The van der Waals surface area contributed by atoms with Gasteiger partial charge in [-0.25, -0.2) is 0 Å². The van der Waals surface area contributed by atoms with Crippen LogP contribution in [-0.4, -0.2) is 15.0 Å². The van der Waals surface area contributed by atoms with Crippen molar-refractivity contribution in [3.63, 3.8) is 0 Å². The Labute approximate surface area is 137 Å². The summed E-state index contributed by atoms with van der Waals surface area (Å²) in [6.45, 7) is 20.3. The van der Waals surface area contributed by atoms with Crippen molar-refractivity contribution >= 4 is 19.4 Å². The second-order valence-corrected chi connectivity index (χ2v) is 10.5. The van der Waals surface area contributed by atoms with Crippen LogP contribution in [0.5, 0.6) is 0 Å². The first kappa shape index (κ1) is 18.3. The molecule has 0 aliphatic carbocycles. The Bertz CT molecular complexity index is 522. The molecule has 1 nitrogen and oxygen atoms in total. The summed E-state index contributed by atoms with van der Waals surface area (Å²) in [7, 11) is 0. The molecule has 0 spiro atoms. The second kappa shape index (κ2) is 5.79. The van der Waals surface area contributed by atoms with Gasteiger partial charge in [-0.3, -0.25) is 0 Å². The summed E-state index contributed by atoms with van der Waals surface area (Å²) in [5, 5.41) is 9.31. The van der Waals surface area contributed by atoms with E-state index in [1.807, 2.05) is 0 Å². The molecule has 0 saturated carbocycles. The zero-order valence-corrected chi connectivity index (χ0v) is 16.7. The number of hydrogen-bond acceptors (Lipinski definition) is 1. The molecule has 1 rings (SSSR count). The fourth-order valence-electron chi connectivity index (χ4n) is 2.33. The number of nitrogens with zero attached hydrogens (tertiary/aromatic N) is 1. The van der Waals surface area contributed by atoms with E-state index in [9.17, 15) is 5.26 Å². The summed E-state index contributed by atoms with van der Waals surface area (Å²) in [5.41, 5.74) is 4.32. The quantitative estimate of drug-likeness (QED) is 0.689. The van der Waals surface area contributed by atoms with Crippen molar-refractivity contribution in [3.8, 4) is 4.97 Å². The van der Waals surface area contributed by atoms with Gasteiger partial charge < -0.3 is 0 Å². The Kier molecular flexibility index (Phi) is 5.04. The number of rotatable bonds is 1. The predicted octanol–water partition coefficient (Wildman–Crippen LogP) is 4.39. The summed E-state index contributed by atoms with van der Waals surface area (Å²) in [6.07, 6.45) is 0. The zero-order chi connectivity index (χ0) is 16.6. The monoisotopic (exact) mass is 351 g/mol. The Balaban J connectivity index is 3.80. The number of hydrogen-bond donors (Lipinski definition) is 0. The molecule has 0 atom stereocenters. The van der Waals surface area contributed by atoms with Crippen molar-refractivity contribution in [1.29, 1.82) is 5.26 Å². The molecule has 0 saturated heterocycles. The van der Waals surface area contributed by atoms with Gasteiger partial charge in [0.1, 0.15) is 0 Å². The van der Waals surface area contributed by atoms with Gasteiger partial charge in [0.25, 0.3) is 0 Å². The molecule has 0 bridgehead atoms. The van der Waals surface area contributed by atoms with Crippen LogP contribution in [0.2, 0.25) is 0 Å². The van der Waals surface area contributed by atoms with Crippen molar-refractivity contribution in [1.82, 2.24) is 0 Å². The van der Waals surface area contributed by atoms with Gasteiger partial charge in [-0.05, 0) is 0 Å². The standard InChI is InChI=1S/C19H29NSe/c1-17(2,3)13-10-14(18(4,5)6)16(21-12-20)15(11-13)19(7,8)9/h10-11H,1-9H3. The SMILES string of the molecule is CC(C)(C)c1cc(C(C)(C)C)c([Se]C#N)c(C(C)(C)C)c1. The van der Waals surface area contributed by atoms with Gasteiger partial charge >= 0.3 is 137 Å². The molecular weight excluding hydrogens is 321 g/mol. The van der Waals surface area contributed by atoms with Gasteiger partial charge in [0.05, 0.1) is 0 Å². The third-order valence-electron chi connectivity index (χ3n) is 3.72. The summed E-state index contributed by atoms with van der Waals surface area (Å²) < 4.78 is 1.29. The van der Waals surface area contributed by atoms with E-state index < -0.39 is 0 Å². The van der Waals surface area contributed by atoms with E-state index in [0.29, 0.717) is 0 Å². The second-order valence-electron chi connectivity index (χ2n) is 8.84. The van der Waals surface area contributed by atoms with E-state index in [0.717, 1.165) is 0 Å². The molecule has 0 aliphatic rings. The van der Waals surface area contributed by atoms with Gasteiger partial charge in [0.2, 0.25) is 0 Å².